The quantitative estimate of drug-likeness (QED) is 0.860. The minimum Gasteiger partial charge on any atom is -0.478 e. The van der Waals surface area contributed by atoms with E-state index in [1.165, 1.54) is 6.07 Å². The Morgan fingerprint density at radius 1 is 1.50 bits per heavy atom. The van der Waals surface area contributed by atoms with Crippen LogP contribution in [0.1, 0.15) is 21.5 Å². The van der Waals surface area contributed by atoms with Crippen molar-refractivity contribution in [2.24, 2.45) is 5.73 Å². The molecule has 0 heterocycles. The predicted octanol–water partition coefficient (Wildman–Crippen LogP) is 1.61. The summed E-state index contributed by atoms with van der Waals surface area (Å²) in [6.07, 6.45) is -4.93. The third kappa shape index (κ3) is 3.11. The van der Waals surface area contributed by atoms with Crippen molar-refractivity contribution in [2.75, 3.05) is 0 Å². The van der Waals surface area contributed by atoms with Gasteiger partial charge in [-0.3, -0.25) is 0 Å². The molecule has 18 heavy (non-hydrogen) atoms. The zero-order valence-electron chi connectivity index (χ0n) is 8.78. The summed E-state index contributed by atoms with van der Waals surface area (Å²) in [5.74, 6) is -2.12. The fourth-order valence-corrected chi connectivity index (χ4v) is 1.37. The van der Waals surface area contributed by atoms with E-state index in [4.69, 9.17) is 16.1 Å². The number of benzene rings is 1. The molecule has 1 aromatic carbocycles. The third-order valence-electron chi connectivity index (χ3n) is 1.98. The molecule has 3 N–H and O–H groups in total. The average molecular weight is 260 g/mol. The van der Waals surface area contributed by atoms with Crippen LogP contribution in [0.2, 0.25) is 0 Å². The maximum atomic E-state index is 12.0. The van der Waals surface area contributed by atoms with Gasteiger partial charge in [-0.25, -0.2) is 4.79 Å². The number of hydrogen-bond acceptors (Lipinski definition) is 4. The normalized spacial score (nSPS) is 10.8. The lowest BCUT2D eigenvalue weighted by Gasteiger charge is -2.12. The first-order chi connectivity index (χ1) is 8.28. The van der Waals surface area contributed by atoms with Crippen LogP contribution in [-0.2, 0) is 6.54 Å². The van der Waals surface area contributed by atoms with E-state index >= 15 is 0 Å². The van der Waals surface area contributed by atoms with E-state index in [-0.39, 0.29) is 12.1 Å². The van der Waals surface area contributed by atoms with Gasteiger partial charge in [0.05, 0.1) is 11.1 Å². The monoisotopic (exact) mass is 260 g/mol. The number of aromatic carboxylic acids is 1. The SMILES string of the molecule is N#Cc1cc(OC(F)(F)F)cc(CN)c1C(=O)O. The van der Waals surface area contributed by atoms with E-state index in [2.05, 4.69) is 4.74 Å². The highest BCUT2D eigenvalue weighted by Crippen LogP contribution is 2.27. The number of rotatable bonds is 3. The molecule has 0 amide bonds. The minimum absolute atomic E-state index is 0.110. The van der Waals surface area contributed by atoms with E-state index in [0.717, 1.165) is 6.07 Å². The molecule has 1 aromatic rings. The van der Waals surface area contributed by atoms with E-state index in [9.17, 15) is 18.0 Å². The molecule has 0 radical (unpaired) electrons. The van der Waals surface area contributed by atoms with Gasteiger partial charge in [-0.05, 0) is 17.7 Å². The van der Waals surface area contributed by atoms with Crippen LogP contribution in [0.15, 0.2) is 12.1 Å². The van der Waals surface area contributed by atoms with Gasteiger partial charge in [0.25, 0.3) is 0 Å². The Labute approximate surface area is 99.2 Å². The summed E-state index contributed by atoms with van der Waals surface area (Å²) in [4.78, 5) is 10.9. The van der Waals surface area contributed by atoms with Gasteiger partial charge in [-0.15, -0.1) is 13.2 Å². The largest absolute Gasteiger partial charge is 0.573 e. The molecule has 0 aromatic heterocycles. The van der Waals surface area contributed by atoms with Gasteiger partial charge in [0.15, 0.2) is 0 Å². The Bertz CT molecular complexity index is 520. The summed E-state index contributed by atoms with van der Waals surface area (Å²) >= 11 is 0. The van der Waals surface area contributed by atoms with Gasteiger partial charge in [0, 0.05) is 6.54 Å². The number of carboxylic acids is 1. The highest BCUT2D eigenvalue weighted by Gasteiger charge is 2.32. The van der Waals surface area contributed by atoms with Crippen LogP contribution in [0.3, 0.4) is 0 Å². The Morgan fingerprint density at radius 2 is 2.11 bits per heavy atom. The number of carbonyl (C=O) groups is 1. The van der Waals surface area contributed by atoms with E-state index in [0.29, 0.717) is 6.07 Å². The molecule has 5 nitrogen and oxygen atoms in total. The molecule has 8 heteroatoms. The molecule has 0 fully saturated rings. The Morgan fingerprint density at radius 3 is 2.50 bits per heavy atom. The van der Waals surface area contributed by atoms with Gasteiger partial charge in [0.1, 0.15) is 11.8 Å². The van der Waals surface area contributed by atoms with Crippen molar-refractivity contribution in [3.8, 4) is 11.8 Å². The second-order valence-electron chi connectivity index (χ2n) is 3.17. The molecule has 0 spiro atoms. The van der Waals surface area contributed by atoms with Crippen molar-refractivity contribution in [1.82, 2.24) is 0 Å². The van der Waals surface area contributed by atoms with Crippen LogP contribution in [0.25, 0.3) is 0 Å². The summed E-state index contributed by atoms with van der Waals surface area (Å²) < 4.78 is 39.7. The first-order valence-electron chi connectivity index (χ1n) is 4.54. The molecule has 0 aliphatic rings. The van der Waals surface area contributed by atoms with Crippen LogP contribution in [0, 0.1) is 11.3 Å². The number of alkyl halides is 3. The van der Waals surface area contributed by atoms with E-state index in [1.54, 1.807) is 0 Å². The molecule has 0 atom stereocenters. The summed E-state index contributed by atoms with van der Waals surface area (Å²) in [5, 5.41) is 17.6. The summed E-state index contributed by atoms with van der Waals surface area (Å²) in [6.45, 7) is -0.328. The van der Waals surface area contributed by atoms with Gasteiger partial charge in [-0.2, -0.15) is 5.26 Å². The number of hydrogen-bond donors (Lipinski definition) is 2. The molecule has 0 saturated heterocycles. The van der Waals surface area contributed by atoms with Crippen LogP contribution >= 0.6 is 0 Å². The molecule has 0 aliphatic carbocycles. The molecule has 96 valence electrons. The maximum Gasteiger partial charge on any atom is 0.573 e. The zero-order chi connectivity index (χ0) is 13.9. The fraction of sp³-hybridized carbons (Fsp3) is 0.200. The Kier molecular flexibility index (Phi) is 3.78. The van der Waals surface area contributed by atoms with Crippen LogP contribution in [0.4, 0.5) is 13.2 Å². The van der Waals surface area contributed by atoms with Gasteiger partial charge in [-0.1, -0.05) is 0 Å². The van der Waals surface area contributed by atoms with Gasteiger partial charge in [0.2, 0.25) is 0 Å². The summed E-state index contributed by atoms with van der Waals surface area (Å²) in [5.41, 5.74) is 4.26. The summed E-state index contributed by atoms with van der Waals surface area (Å²) in [6, 6.07) is 3.04. The molecule has 0 saturated carbocycles. The highest BCUT2D eigenvalue weighted by molar-refractivity contribution is 5.92. The molecular formula is C10H7F3N2O3. The van der Waals surface area contributed by atoms with Crippen LogP contribution < -0.4 is 10.5 Å². The lowest BCUT2D eigenvalue weighted by Crippen LogP contribution is -2.18. The lowest BCUT2D eigenvalue weighted by atomic mass is 10.0. The van der Waals surface area contributed by atoms with Crippen molar-refractivity contribution < 1.29 is 27.8 Å². The average Bonchev–Trinajstić information content (AvgIpc) is 2.24. The van der Waals surface area contributed by atoms with Crippen LogP contribution in [-0.4, -0.2) is 17.4 Å². The molecule has 1 rings (SSSR count). The van der Waals surface area contributed by atoms with E-state index < -0.39 is 29.2 Å². The molecule has 0 unspecified atom stereocenters. The third-order valence-corrected chi connectivity index (χ3v) is 1.98. The first-order valence-corrected chi connectivity index (χ1v) is 4.54. The van der Waals surface area contributed by atoms with Crippen molar-refractivity contribution in [2.45, 2.75) is 12.9 Å². The van der Waals surface area contributed by atoms with Crippen molar-refractivity contribution in [3.63, 3.8) is 0 Å². The second kappa shape index (κ2) is 4.93. The summed E-state index contributed by atoms with van der Waals surface area (Å²) in [7, 11) is 0. The number of halogens is 3. The highest BCUT2D eigenvalue weighted by atomic mass is 19.4. The number of ether oxygens (including phenoxy) is 1. The Hall–Kier alpha value is -2.27. The zero-order valence-corrected chi connectivity index (χ0v) is 8.78. The van der Waals surface area contributed by atoms with Crippen molar-refractivity contribution in [3.05, 3.63) is 28.8 Å². The number of nitrogens with zero attached hydrogens (tertiary/aromatic N) is 1. The predicted molar refractivity (Wildman–Crippen MR) is 52.7 cm³/mol. The molecule has 0 bridgehead atoms. The number of carboxylic acid groups (broad SMARTS) is 1. The Balaban J connectivity index is 3.37. The molecular weight excluding hydrogens is 253 g/mol. The van der Waals surface area contributed by atoms with Crippen molar-refractivity contribution in [1.29, 1.82) is 5.26 Å². The smallest absolute Gasteiger partial charge is 0.478 e. The topological polar surface area (TPSA) is 96.3 Å². The first kappa shape index (κ1) is 13.8. The van der Waals surface area contributed by atoms with Crippen molar-refractivity contribution >= 4 is 5.97 Å². The van der Waals surface area contributed by atoms with Gasteiger partial charge < -0.3 is 15.6 Å². The van der Waals surface area contributed by atoms with Crippen LogP contribution in [0.5, 0.6) is 5.75 Å². The number of nitriles is 1. The maximum absolute atomic E-state index is 12.0. The lowest BCUT2D eigenvalue weighted by molar-refractivity contribution is -0.274. The number of nitrogens with two attached hydrogens (primary N) is 1. The van der Waals surface area contributed by atoms with Gasteiger partial charge >= 0.3 is 12.3 Å². The second-order valence-corrected chi connectivity index (χ2v) is 3.17. The minimum atomic E-state index is -4.93. The fourth-order valence-electron chi connectivity index (χ4n) is 1.37. The molecule has 0 aliphatic heterocycles. The van der Waals surface area contributed by atoms with E-state index in [1.807, 2.05) is 0 Å². The standard InChI is InChI=1S/C10H7F3N2O3/c11-10(12,13)18-7-1-5(3-14)8(9(16)17)6(2-7)4-15/h1-2H,3,14H2,(H,16,17).